The summed E-state index contributed by atoms with van der Waals surface area (Å²) >= 11 is 6.71. The van der Waals surface area contributed by atoms with Crippen molar-refractivity contribution in [3.8, 4) is 5.75 Å². The van der Waals surface area contributed by atoms with Crippen molar-refractivity contribution in [3.63, 3.8) is 0 Å². The fourth-order valence-electron chi connectivity index (χ4n) is 3.69. The van der Waals surface area contributed by atoms with Crippen molar-refractivity contribution in [2.45, 2.75) is 37.7 Å². The zero-order valence-electron chi connectivity index (χ0n) is 16.5. The van der Waals surface area contributed by atoms with Crippen molar-refractivity contribution < 1.29 is 19.0 Å². The van der Waals surface area contributed by atoms with E-state index in [0.717, 1.165) is 38.4 Å². The summed E-state index contributed by atoms with van der Waals surface area (Å²) in [5.41, 5.74) is 0.939. The molecule has 4 nitrogen and oxygen atoms in total. The highest BCUT2D eigenvalue weighted by Gasteiger charge is 2.38. The topological polar surface area (TPSA) is 44.8 Å². The molecule has 2 aromatic carbocycles. The molecule has 0 aliphatic heterocycles. The van der Waals surface area contributed by atoms with E-state index in [1.54, 1.807) is 0 Å². The van der Waals surface area contributed by atoms with Crippen LogP contribution in [-0.2, 0) is 15.1 Å². The third-order valence-corrected chi connectivity index (χ3v) is 7.26. The Morgan fingerprint density at radius 3 is 2.37 bits per heavy atom. The Morgan fingerprint density at radius 2 is 1.70 bits per heavy atom. The number of hydrogen-bond acceptors (Lipinski definition) is 4. The van der Waals surface area contributed by atoms with Gasteiger partial charge in [-0.15, -0.1) is 0 Å². The molecule has 1 saturated carbocycles. The molecule has 0 atom stereocenters. The molecule has 1 fully saturated rings. The maximum atomic E-state index is 13.4. The van der Waals surface area contributed by atoms with Crippen LogP contribution in [0, 0.1) is 10.7 Å². The first-order chi connectivity index (χ1) is 14.4. The fourth-order valence-corrected chi connectivity index (χ4v) is 6.05. The van der Waals surface area contributed by atoms with Gasteiger partial charge in [0.2, 0.25) is 0 Å². The van der Waals surface area contributed by atoms with Crippen molar-refractivity contribution in [1.82, 2.24) is 0 Å². The molecular weight excluding hydrogens is 721 g/mol. The monoisotopic (exact) mass is 744 g/mol. The van der Waals surface area contributed by atoms with Crippen LogP contribution in [0.4, 0.5) is 0 Å². The molecule has 0 saturated heterocycles. The van der Waals surface area contributed by atoms with Gasteiger partial charge >= 0.3 is 5.97 Å². The summed E-state index contributed by atoms with van der Waals surface area (Å²) in [4.78, 5) is 13.4. The molecule has 0 heterocycles. The van der Waals surface area contributed by atoms with Gasteiger partial charge in [0.15, 0.2) is 0 Å². The van der Waals surface area contributed by atoms with Crippen LogP contribution >= 0.6 is 67.8 Å². The standard InChI is InChI=1S/C23H23I3O4/c1-2-28-12-13-29-21-19(14-18(25)15-20(21)26)22(27)30-23(10-4-3-5-11-23)16-6-8-17(24)9-7-16/h2,6-9,14-15H,1,3-5,10-13H2. The summed E-state index contributed by atoms with van der Waals surface area (Å²) in [6.07, 6.45) is 6.32. The summed E-state index contributed by atoms with van der Waals surface area (Å²) in [6.45, 7) is 4.22. The average molecular weight is 744 g/mol. The summed E-state index contributed by atoms with van der Waals surface area (Å²) in [6, 6.07) is 12.1. The number of ether oxygens (including phenoxy) is 3. The number of halogens is 3. The first-order valence-corrected chi connectivity index (χ1v) is 13.0. The number of hydrogen-bond donors (Lipinski definition) is 0. The molecule has 0 bridgehead atoms. The number of benzene rings is 2. The molecule has 0 unspecified atom stereocenters. The molecule has 7 heteroatoms. The number of esters is 1. The molecule has 30 heavy (non-hydrogen) atoms. The van der Waals surface area contributed by atoms with Crippen LogP contribution in [0.2, 0.25) is 0 Å². The zero-order valence-corrected chi connectivity index (χ0v) is 22.9. The van der Waals surface area contributed by atoms with E-state index in [1.165, 1.54) is 16.3 Å². The minimum Gasteiger partial charge on any atom is -0.498 e. The van der Waals surface area contributed by atoms with E-state index in [4.69, 9.17) is 14.2 Å². The maximum absolute atomic E-state index is 13.4. The summed E-state index contributed by atoms with van der Waals surface area (Å²) in [5, 5.41) is 0. The van der Waals surface area contributed by atoms with E-state index >= 15 is 0 Å². The molecule has 1 aliphatic carbocycles. The van der Waals surface area contributed by atoms with Crippen molar-refractivity contribution >= 4 is 73.7 Å². The SMILES string of the molecule is C=COCCOc1c(I)cc(I)cc1C(=O)OC1(c2ccc(I)cc2)CCCCC1. The lowest BCUT2D eigenvalue weighted by molar-refractivity contribution is -0.0419. The minimum absolute atomic E-state index is 0.325. The predicted octanol–water partition coefficient (Wildman–Crippen LogP) is 7.06. The largest absolute Gasteiger partial charge is 0.498 e. The predicted molar refractivity (Wildman–Crippen MR) is 143 cm³/mol. The number of carbonyl (C=O) groups excluding carboxylic acids is 1. The van der Waals surface area contributed by atoms with Gasteiger partial charge in [-0.05, 0) is 123 Å². The van der Waals surface area contributed by atoms with Crippen LogP contribution in [0.25, 0.3) is 0 Å². The van der Waals surface area contributed by atoms with Gasteiger partial charge in [0.25, 0.3) is 0 Å². The van der Waals surface area contributed by atoms with Gasteiger partial charge in [-0.3, -0.25) is 0 Å². The lowest BCUT2D eigenvalue weighted by Crippen LogP contribution is -2.35. The van der Waals surface area contributed by atoms with Gasteiger partial charge in [-0.2, -0.15) is 0 Å². The quantitative estimate of drug-likeness (QED) is 0.126. The molecule has 160 valence electrons. The molecule has 0 radical (unpaired) electrons. The van der Waals surface area contributed by atoms with E-state index in [2.05, 4.69) is 98.6 Å². The average Bonchev–Trinajstić information content (AvgIpc) is 2.73. The van der Waals surface area contributed by atoms with Crippen LogP contribution in [0.5, 0.6) is 5.75 Å². The first-order valence-electron chi connectivity index (χ1n) is 9.79. The molecular formula is C23H23I3O4. The Balaban J connectivity index is 1.90. The Hall–Kier alpha value is -0.560. The fraction of sp³-hybridized carbons (Fsp3) is 0.348. The van der Waals surface area contributed by atoms with Crippen molar-refractivity contribution in [2.24, 2.45) is 0 Å². The smallest absolute Gasteiger partial charge is 0.342 e. The summed E-state index contributed by atoms with van der Waals surface area (Å²) < 4.78 is 20.3. The highest BCUT2D eigenvalue weighted by molar-refractivity contribution is 14.1. The molecule has 1 aliphatic rings. The van der Waals surface area contributed by atoms with E-state index in [-0.39, 0.29) is 5.97 Å². The lowest BCUT2D eigenvalue weighted by atomic mass is 9.79. The van der Waals surface area contributed by atoms with E-state index < -0.39 is 5.60 Å². The molecule has 0 aromatic heterocycles. The highest BCUT2D eigenvalue weighted by atomic mass is 127. The van der Waals surface area contributed by atoms with Crippen LogP contribution in [0.1, 0.15) is 48.0 Å². The third kappa shape index (κ3) is 6.02. The minimum atomic E-state index is -0.588. The van der Waals surface area contributed by atoms with Gasteiger partial charge in [0.1, 0.15) is 30.1 Å². The van der Waals surface area contributed by atoms with Gasteiger partial charge in [-0.25, -0.2) is 4.79 Å². The van der Waals surface area contributed by atoms with Crippen molar-refractivity contribution in [2.75, 3.05) is 13.2 Å². The van der Waals surface area contributed by atoms with Gasteiger partial charge < -0.3 is 14.2 Å². The van der Waals surface area contributed by atoms with Gasteiger partial charge in [0, 0.05) is 7.14 Å². The Morgan fingerprint density at radius 1 is 1.00 bits per heavy atom. The number of rotatable bonds is 8. The Labute approximate surface area is 218 Å². The normalized spacial score (nSPS) is 15.3. The van der Waals surface area contributed by atoms with E-state index in [9.17, 15) is 4.79 Å². The van der Waals surface area contributed by atoms with Crippen molar-refractivity contribution in [3.05, 3.63) is 71.1 Å². The molecule has 0 amide bonds. The Kier molecular flexibility index (Phi) is 9.11. The summed E-state index contributed by atoms with van der Waals surface area (Å²) in [7, 11) is 0. The van der Waals surface area contributed by atoms with Crippen LogP contribution in [0.15, 0.2) is 49.2 Å². The van der Waals surface area contributed by atoms with Crippen LogP contribution in [-0.4, -0.2) is 19.2 Å². The second-order valence-electron chi connectivity index (χ2n) is 7.10. The summed E-state index contributed by atoms with van der Waals surface area (Å²) in [5.74, 6) is 0.203. The van der Waals surface area contributed by atoms with Crippen LogP contribution in [0.3, 0.4) is 0 Å². The third-order valence-electron chi connectivity index (χ3n) is 5.11. The second-order valence-corrected chi connectivity index (χ2v) is 10.8. The molecule has 3 rings (SSSR count). The van der Waals surface area contributed by atoms with Crippen molar-refractivity contribution in [1.29, 1.82) is 0 Å². The lowest BCUT2D eigenvalue weighted by Gasteiger charge is -2.37. The molecule has 0 N–H and O–H groups in total. The van der Waals surface area contributed by atoms with Gasteiger partial charge in [0.05, 0.1) is 9.83 Å². The maximum Gasteiger partial charge on any atom is 0.342 e. The van der Waals surface area contributed by atoms with Gasteiger partial charge in [-0.1, -0.05) is 25.1 Å². The molecule has 2 aromatic rings. The second kappa shape index (κ2) is 11.3. The Bertz CT molecular complexity index is 890. The first kappa shape index (κ1) is 24.1. The van der Waals surface area contributed by atoms with Crippen LogP contribution < -0.4 is 4.74 Å². The number of carbonyl (C=O) groups is 1. The van der Waals surface area contributed by atoms with E-state index in [0.29, 0.717) is 24.5 Å². The highest BCUT2D eigenvalue weighted by Crippen LogP contribution is 2.42. The van der Waals surface area contributed by atoms with E-state index in [1.807, 2.05) is 12.1 Å². The molecule has 0 spiro atoms. The zero-order chi connectivity index (χ0) is 21.6.